The molecule has 2 heterocycles. The highest BCUT2D eigenvalue weighted by Gasteiger charge is 2.33. The van der Waals surface area contributed by atoms with Crippen LogP contribution in [0.1, 0.15) is 28.8 Å². The highest BCUT2D eigenvalue weighted by Crippen LogP contribution is 2.29. The molecular weight excluding hydrogens is 335 g/mol. The third-order valence-electron chi connectivity index (χ3n) is 4.67. The van der Waals surface area contributed by atoms with Crippen molar-refractivity contribution in [3.63, 3.8) is 0 Å². The molecule has 2 aliphatic rings. The van der Waals surface area contributed by atoms with Gasteiger partial charge in [-0.25, -0.2) is 0 Å². The summed E-state index contributed by atoms with van der Waals surface area (Å²) in [4.78, 5) is 28.0. The van der Waals surface area contributed by atoms with E-state index in [-0.39, 0.29) is 17.5 Å². The smallest absolute Gasteiger partial charge is 0.338 e. The number of alkyl halides is 3. The third-order valence-corrected chi connectivity index (χ3v) is 4.67. The van der Waals surface area contributed by atoms with Gasteiger partial charge in [0.05, 0.1) is 11.6 Å². The fourth-order valence-corrected chi connectivity index (χ4v) is 3.26. The van der Waals surface area contributed by atoms with Crippen LogP contribution in [0.3, 0.4) is 0 Å². The first-order chi connectivity index (χ1) is 11.9. The Bertz CT molecular complexity index is 649. The summed E-state index contributed by atoms with van der Waals surface area (Å²) >= 11 is 0. The SMILES string of the molecule is O=C(c1cccc(C(F)(F)F)c1)N1CCN(C(=O)C2CCCN2)CC1. The quantitative estimate of drug-likeness (QED) is 0.879. The van der Waals surface area contributed by atoms with Crippen LogP contribution in [-0.2, 0) is 11.0 Å². The van der Waals surface area contributed by atoms with Gasteiger partial charge in [-0.05, 0) is 37.6 Å². The summed E-state index contributed by atoms with van der Waals surface area (Å²) in [5.74, 6) is -0.388. The third kappa shape index (κ3) is 3.95. The molecule has 2 fully saturated rings. The topological polar surface area (TPSA) is 52.7 Å². The zero-order valence-corrected chi connectivity index (χ0v) is 13.7. The molecule has 2 saturated heterocycles. The molecule has 1 unspecified atom stereocenters. The number of benzene rings is 1. The van der Waals surface area contributed by atoms with Gasteiger partial charge in [-0.1, -0.05) is 6.07 Å². The molecule has 0 aromatic heterocycles. The molecule has 25 heavy (non-hydrogen) atoms. The van der Waals surface area contributed by atoms with Crippen molar-refractivity contribution in [2.45, 2.75) is 25.1 Å². The first-order valence-corrected chi connectivity index (χ1v) is 8.35. The molecule has 2 aliphatic heterocycles. The van der Waals surface area contributed by atoms with Crippen LogP contribution in [0, 0.1) is 0 Å². The summed E-state index contributed by atoms with van der Waals surface area (Å²) in [6, 6.07) is 4.30. The summed E-state index contributed by atoms with van der Waals surface area (Å²) in [5.41, 5.74) is -0.813. The number of carbonyl (C=O) groups excluding carboxylic acids is 2. The van der Waals surface area contributed by atoms with Gasteiger partial charge < -0.3 is 15.1 Å². The van der Waals surface area contributed by atoms with E-state index >= 15 is 0 Å². The Morgan fingerprint density at radius 1 is 1.08 bits per heavy atom. The predicted octanol–water partition coefficient (Wildman–Crippen LogP) is 1.74. The van der Waals surface area contributed by atoms with E-state index < -0.39 is 17.6 Å². The van der Waals surface area contributed by atoms with Gasteiger partial charge in [0, 0.05) is 31.7 Å². The standard InChI is InChI=1S/C17H20F3N3O2/c18-17(19,20)13-4-1-3-12(11-13)15(24)22-7-9-23(10-8-22)16(25)14-5-2-6-21-14/h1,3-4,11,14,21H,2,5-10H2. The lowest BCUT2D eigenvalue weighted by atomic mass is 10.1. The van der Waals surface area contributed by atoms with Crippen LogP contribution >= 0.6 is 0 Å². The van der Waals surface area contributed by atoms with Crippen molar-refractivity contribution in [2.24, 2.45) is 0 Å². The van der Waals surface area contributed by atoms with Crippen LogP contribution < -0.4 is 5.32 Å². The van der Waals surface area contributed by atoms with Crippen molar-refractivity contribution in [3.05, 3.63) is 35.4 Å². The lowest BCUT2D eigenvalue weighted by Gasteiger charge is -2.36. The van der Waals surface area contributed by atoms with Gasteiger partial charge in [0.2, 0.25) is 5.91 Å². The summed E-state index contributed by atoms with van der Waals surface area (Å²) in [6.45, 7) is 2.30. The Kier molecular flexibility index (Phi) is 4.99. The number of nitrogens with zero attached hydrogens (tertiary/aromatic N) is 2. The number of carbonyl (C=O) groups is 2. The van der Waals surface area contributed by atoms with E-state index in [2.05, 4.69) is 5.32 Å². The molecule has 1 aromatic rings. The molecule has 0 bridgehead atoms. The zero-order valence-electron chi connectivity index (χ0n) is 13.7. The minimum Gasteiger partial charge on any atom is -0.338 e. The van der Waals surface area contributed by atoms with Gasteiger partial charge >= 0.3 is 6.18 Å². The van der Waals surface area contributed by atoms with E-state index in [4.69, 9.17) is 0 Å². The van der Waals surface area contributed by atoms with Gasteiger partial charge in [-0.3, -0.25) is 9.59 Å². The van der Waals surface area contributed by atoms with Gasteiger partial charge in [0.25, 0.3) is 5.91 Å². The number of hydrogen-bond donors (Lipinski definition) is 1. The van der Waals surface area contributed by atoms with Gasteiger partial charge in [-0.2, -0.15) is 13.2 Å². The number of rotatable bonds is 2. The van der Waals surface area contributed by atoms with Crippen molar-refractivity contribution in [3.8, 4) is 0 Å². The van der Waals surface area contributed by atoms with Crippen LogP contribution in [0.5, 0.6) is 0 Å². The molecule has 8 heteroatoms. The van der Waals surface area contributed by atoms with Crippen molar-refractivity contribution in [2.75, 3.05) is 32.7 Å². The second kappa shape index (κ2) is 7.03. The Morgan fingerprint density at radius 2 is 1.76 bits per heavy atom. The monoisotopic (exact) mass is 355 g/mol. The molecule has 0 spiro atoms. The van der Waals surface area contributed by atoms with E-state index in [1.807, 2.05) is 0 Å². The molecule has 2 amide bonds. The van der Waals surface area contributed by atoms with Crippen LogP contribution in [0.4, 0.5) is 13.2 Å². The van der Waals surface area contributed by atoms with E-state index in [1.165, 1.54) is 17.0 Å². The Hall–Kier alpha value is -2.09. The zero-order chi connectivity index (χ0) is 18.0. The summed E-state index contributed by atoms with van der Waals surface area (Å²) in [7, 11) is 0. The van der Waals surface area contributed by atoms with Crippen molar-refractivity contribution in [1.82, 2.24) is 15.1 Å². The molecular formula is C17H20F3N3O2. The lowest BCUT2D eigenvalue weighted by molar-refractivity contribution is -0.137. The largest absolute Gasteiger partial charge is 0.416 e. The van der Waals surface area contributed by atoms with E-state index in [0.29, 0.717) is 26.2 Å². The van der Waals surface area contributed by atoms with Crippen molar-refractivity contribution < 1.29 is 22.8 Å². The van der Waals surface area contributed by atoms with Crippen LogP contribution in [0.2, 0.25) is 0 Å². The fraction of sp³-hybridized carbons (Fsp3) is 0.529. The first kappa shape index (κ1) is 17.7. The van der Waals surface area contributed by atoms with Gasteiger partial charge in [-0.15, -0.1) is 0 Å². The Labute approximate surface area is 143 Å². The average molecular weight is 355 g/mol. The normalized spacial score (nSPS) is 21.5. The number of nitrogens with one attached hydrogen (secondary N) is 1. The molecule has 5 nitrogen and oxygen atoms in total. The Balaban J connectivity index is 1.61. The van der Waals surface area contributed by atoms with Crippen LogP contribution in [0.15, 0.2) is 24.3 Å². The molecule has 0 radical (unpaired) electrons. The van der Waals surface area contributed by atoms with Crippen molar-refractivity contribution >= 4 is 11.8 Å². The Morgan fingerprint density at radius 3 is 2.36 bits per heavy atom. The highest BCUT2D eigenvalue weighted by molar-refractivity contribution is 5.94. The molecule has 0 aliphatic carbocycles. The number of hydrogen-bond acceptors (Lipinski definition) is 3. The minimum atomic E-state index is -4.48. The number of amides is 2. The second-order valence-electron chi connectivity index (χ2n) is 6.34. The lowest BCUT2D eigenvalue weighted by Crippen LogP contribution is -2.54. The van der Waals surface area contributed by atoms with Crippen LogP contribution in [0.25, 0.3) is 0 Å². The van der Waals surface area contributed by atoms with Crippen molar-refractivity contribution in [1.29, 1.82) is 0 Å². The van der Waals surface area contributed by atoms with E-state index in [9.17, 15) is 22.8 Å². The molecule has 1 N–H and O–H groups in total. The maximum atomic E-state index is 12.8. The molecule has 1 aromatic carbocycles. The second-order valence-corrected chi connectivity index (χ2v) is 6.34. The number of piperazine rings is 1. The highest BCUT2D eigenvalue weighted by atomic mass is 19.4. The van der Waals surface area contributed by atoms with Crippen LogP contribution in [-0.4, -0.2) is 60.4 Å². The fourth-order valence-electron chi connectivity index (χ4n) is 3.26. The first-order valence-electron chi connectivity index (χ1n) is 8.35. The van der Waals surface area contributed by atoms with E-state index in [0.717, 1.165) is 31.5 Å². The molecule has 136 valence electrons. The number of halogens is 3. The average Bonchev–Trinajstić information content (AvgIpc) is 3.15. The maximum absolute atomic E-state index is 12.8. The van der Waals surface area contributed by atoms with Gasteiger partial charge in [0.1, 0.15) is 0 Å². The molecule has 3 rings (SSSR count). The predicted molar refractivity (Wildman–Crippen MR) is 85.0 cm³/mol. The summed E-state index contributed by atoms with van der Waals surface area (Å²) in [6.07, 6.45) is -2.68. The molecule has 0 saturated carbocycles. The van der Waals surface area contributed by atoms with Gasteiger partial charge in [0.15, 0.2) is 0 Å². The minimum absolute atomic E-state index is 0.0204. The van der Waals surface area contributed by atoms with E-state index in [1.54, 1.807) is 4.90 Å². The maximum Gasteiger partial charge on any atom is 0.416 e. The molecule has 1 atom stereocenters. The summed E-state index contributed by atoms with van der Waals surface area (Å²) < 4.78 is 38.4. The summed E-state index contributed by atoms with van der Waals surface area (Å²) in [5, 5.41) is 3.16.